The molecule has 1 heterocycles. The van der Waals surface area contributed by atoms with Crippen LogP contribution in [0.15, 0.2) is 54.7 Å². The summed E-state index contributed by atoms with van der Waals surface area (Å²) < 4.78 is 0. The Balaban J connectivity index is 1.29. The average Bonchev–Trinajstić information content (AvgIpc) is 3.12. The van der Waals surface area contributed by atoms with Gasteiger partial charge in [0.2, 0.25) is 0 Å². The largest absolute Gasteiger partial charge is 0.382 e. The molecule has 4 nitrogen and oxygen atoms in total. The van der Waals surface area contributed by atoms with Crippen LogP contribution in [-0.2, 0) is 0 Å². The van der Waals surface area contributed by atoms with E-state index in [-0.39, 0.29) is 0 Å². The Bertz CT molecular complexity index is 803. The number of anilines is 1. The second-order valence-electron chi connectivity index (χ2n) is 7.16. The van der Waals surface area contributed by atoms with Crippen LogP contribution in [0.25, 0.3) is 10.9 Å². The maximum absolute atomic E-state index is 4.09. The quantitative estimate of drug-likeness (QED) is 0.637. The van der Waals surface area contributed by atoms with E-state index in [1.54, 1.807) is 0 Å². The van der Waals surface area contributed by atoms with Crippen molar-refractivity contribution in [1.29, 1.82) is 0 Å². The van der Waals surface area contributed by atoms with Gasteiger partial charge < -0.3 is 10.6 Å². The fourth-order valence-electron chi connectivity index (χ4n) is 3.86. The number of rotatable bonds is 5. The highest BCUT2D eigenvalue weighted by molar-refractivity contribution is 5.81. The monoisotopic (exact) mass is 334 g/mol. The second-order valence-corrected chi connectivity index (χ2v) is 7.16. The lowest BCUT2D eigenvalue weighted by Crippen LogP contribution is -2.38. The first kappa shape index (κ1) is 16.2. The Labute approximate surface area is 149 Å². The van der Waals surface area contributed by atoms with Crippen molar-refractivity contribution in [3.05, 3.63) is 60.3 Å². The van der Waals surface area contributed by atoms with Crippen molar-refractivity contribution in [3.8, 4) is 0 Å². The summed E-state index contributed by atoms with van der Waals surface area (Å²) in [4.78, 5) is 0. The van der Waals surface area contributed by atoms with Crippen LogP contribution < -0.4 is 10.6 Å². The zero-order valence-corrected chi connectivity index (χ0v) is 14.7. The van der Waals surface area contributed by atoms with Crippen LogP contribution in [0.5, 0.6) is 0 Å². The highest BCUT2D eigenvalue weighted by Crippen LogP contribution is 2.25. The van der Waals surface area contributed by atoms with E-state index in [9.17, 15) is 0 Å². The molecule has 0 amide bonds. The second kappa shape index (κ2) is 7.28. The first-order chi connectivity index (χ1) is 12.3. The minimum atomic E-state index is 0.416. The lowest BCUT2D eigenvalue weighted by Gasteiger charge is -2.32. The zero-order chi connectivity index (χ0) is 17.1. The predicted octanol–water partition coefficient (Wildman–Crippen LogP) is 4.64. The standard InChI is InChI=1S/C21H26N4/c1-15(16-5-3-2-4-6-16)23-18-7-9-19(10-8-18)24-20-11-12-21-17(13-20)14-22-25-21/h2-6,11-15,18-19,23-24H,7-10H2,1H3,(H,22,25)/t15?,18-,19+. The number of benzene rings is 2. The maximum Gasteiger partial charge on any atom is 0.0651 e. The number of fused-ring (bicyclic) bond motifs is 1. The van der Waals surface area contributed by atoms with Gasteiger partial charge in [0.15, 0.2) is 0 Å². The molecule has 1 fully saturated rings. The van der Waals surface area contributed by atoms with E-state index in [0.717, 1.165) is 10.9 Å². The van der Waals surface area contributed by atoms with Crippen LogP contribution in [0, 0.1) is 0 Å². The summed E-state index contributed by atoms with van der Waals surface area (Å²) in [6.45, 7) is 2.26. The number of nitrogens with zero attached hydrogens (tertiary/aromatic N) is 1. The highest BCUT2D eigenvalue weighted by atomic mass is 15.1. The van der Waals surface area contributed by atoms with Crippen LogP contribution in [-0.4, -0.2) is 22.3 Å². The summed E-state index contributed by atoms with van der Waals surface area (Å²) >= 11 is 0. The van der Waals surface area contributed by atoms with Gasteiger partial charge in [-0.2, -0.15) is 5.10 Å². The molecule has 1 aliphatic carbocycles. The fourth-order valence-corrected chi connectivity index (χ4v) is 3.86. The lowest BCUT2D eigenvalue weighted by molar-refractivity contribution is 0.331. The number of aromatic amines is 1. The van der Waals surface area contributed by atoms with Gasteiger partial charge in [-0.1, -0.05) is 30.3 Å². The average molecular weight is 334 g/mol. The van der Waals surface area contributed by atoms with Crippen molar-refractivity contribution in [1.82, 2.24) is 15.5 Å². The molecule has 4 heteroatoms. The third-order valence-corrected chi connectivity index (χ3v) is 5.32. The van der Waals surface area contributed by atoms with Crippen molar-refractivity contribution in [2.45, 2.75) is 50.7 Å². The van der Waals surface area contributed by atoms with Gasteiger partial charge in [-0.25, -0.2) is 0 Å². The van der Waals surface area contributed by atoms with Gasteiger partial charge in [-0.05, 0) is 56.4 Å². The van der Waals surface area contributed by atoms with Crippen LogP contribution in [0.3, 0.4) is 0 Å². The van der Waals surface area contributed by atoms with E-state index in [1.807, 2.05) is 6.20 Å². The molecule has 4 rings (SSSR count). The minimum Gasteiger partial charge on any atom is -0.382 e. The molecular weight excluding hydrogens is 308 g/mol. The molecule has 3 N–H and O–H groups in total. The fraction of sp³-hybridized carbons (Fsp3) is 0.381. The van der Waals surface area contributed by atoms with E-state index in [2.05, 4.69) is 76.3 Å². The molecule has 0 bridgehead atoms. The smallest absolute Gasteiger partial charge is 0.0651 e. The Morgan fingerprint density at radius 3 is 2.56 bits per heavy atom. The SMILES string of the molecule is CC(N[C@H]1CC[C@@H](Nc2ccc3[nH]ncc3c2)CC1)c1ccccc1. The topological polar surface area (TPSA) is 52.7 Å². The zero-order valence-electron chi connectivity index (χ0n) is 14.7. The lowest BCUT2D eigenvalue weighted by atomic mass is 9.90. The van der Waals surface area contributed by atoms with Crippen LogP contribution in [0.2, 0.25) is 0 Å². The Kier molecular flexibility index (Phi) is 4.70. The number of hydrogen-bond acceptors (Lipinski definition) is 3. The van der Waals surface area contributed by atoms with Gasteiger partial charge in [-0.15, -0.1) is 0 Å². The van der Waals surface area contributed by atoms with E-state index >= 15 is 0 Å². The van der Waals surface area contributed by atoms with Gasteiger partial charge >= 0.3 is 0 Å². The third-order valence-electron chi connectivity index (χ3n) is 5.32. The highest BCUT2D eigenvalue weighted by Gasteiger charge is 2.22. The van der Waals surface area contributed by atoms with Crippen LogP contribution in [0.1, 0.15) is 44.2 Å². The summed E-state index contributed by atoms with van der Waals surface area (Å²) in [6.07, 6.45) is 6.75. The van der Waals surface area contributed by atoms with E-state index in [1.165, 1.54) is 36.9 Å². The molecule has 25 heavy (non-hydrogen) atoms. The molecule has 0 spiro atoms. The summed E-state index contributed by atoms with van der Waals surface area (Å²) in [5.74, 6) is 0. The van der Waals surface area contributed by atoms with Gasteiger partial charge in [0.25, 0.3) is 0 Å². The summed E-state index contributed by atoms with van der Waals surface area (Å²) in [5, 5.41) is 15.8. The van der Waals surface area contributed by atoms with E-state index in [4.69, 9.17) is 0 Å². The number of aromatic nitrogens is 2. The first-order valence-electron chi connectivity index (χ1n) is 9.28. The van der Waals surface area contributed by atoms with Crippen LogP contribution in [0.4, 0.5) is 5.69 Å². The number of hydrogen-bond donors (Lipinski definition) is 3. The van der Waals surface area contributed by atoms with Crippen molar-refractivity contribution < 1.29 is 0 Å². The third kappa shape index (κ3) is 3.85. The van der Waals surface area contributed by atoms with Gasteiger partial charge in [0, 0.05) is 29.2 Å². The molecule has 2 aromatic carbocycles. The van der Waals surface area contributed by atoms with Gasteiger partial charge in [-0.3, -0.25) is 5.10 Å². The molecule has 1 aromatic heterocycles. The van der Waals surface area contributed by atoms with Crippen molar-refractivity contribution in [2.75, 3.05) is 5.32 Å². The predicted molar refractivity (Wildman–Crippen MR) is 104 cm³/mol. The van der Waals surface area contributed by atoms with Gasteiger partial charge in [0.05, 0.1) is 11.7 Å². The molecule has 1 saturated carbocycles. The maximum atomic E-state index is 4.09. The normalized spacial score (nSPS) is 22.0. The van der Waals surface area contributed by atoms with Crippen LogP contribution >= 0.6 is 0 Å². The molecule has 1 unspecified atom stereocenters. The Morgan fingerprint density at radius 2 is 1.76 bits per heavy atom. The molecule has 0 saturated heterocycles. The van der Waals surface area contributed by atoms with E-state index < -0.39 is 0 Å². The molecule has 3 aromatic rings. The van der Waals surface area contributed by atoms with Crippen molar-refractivity contribution in [2.24, 2.45) is 0 Å². The van der Waals surface area contributed by atoms with Gasteiger partial charge in [0.1, 0.15) is 0 Å². The Hall–Kier alpha value is -2.33. The Morgan fingerprint density at radius 1 is 1.00 bits per heavy atom. The molecule has 0 radical (unpaired) electrons. The molecule has 130 valence electrons. The molecule has 1 aliphatic rings. The number of nitrogens with one attached hydrogen (secondary N) is 3. The summed E-state index contributed by atoms with van der Waals surface area (Å²) in [7, 11) is 0. The first-order valence-corrected chi connectivity index (χ1v) is 9.28. The summed E-state index contributed by atoms with van der Waals surface area (Å²) in [6, 6.07) is 18.7. The molecule has 0 aliphatic heterocycles. The molecular formula is C21H26N4. The van der Waals surface area contributed by atoms with E-state index in [0.29, 0.717) is 18.1 Å². The minimum absolute atomic E-state index is 0.416. The molecule has 1 atom stereocenters. The number of H-pyrrole nitrogens is 1. The van der Waals surface area contributed by atoms with Crippen molar-refractivity contribution in [3.63, 3.8) is 0 Å². The van der Waals surface area contributed by atoms with Crippen molar-refractivity contribution >= 4 is 16.6 Å². The summed E-state index contributed by atoms with van der Waals surface area (Å²) in [5.41, 5.74) is 3.66.